The molecule has 4 heterocycles. The van der Waals surface area contributed by atoms with Crippen LogP contribution in [0, 0.1) is 10.8 Å². The Labute approximate surface area is 251 Å². The van der Waals surface area contributed by atoms with Crippen molar-refractivity contribution in [3.8, 4) is 0 Å². The van der Waals surface area contributed by atoms with Crippen LogP contribution >= 0.6 is 0 Å². The van der Waals surface area contributed by atoms with E-state index in [9.17, 15) is 9.90 Å². The summed E-state index contributed by atoms with van der Waals surface area (Å²) in [6.07, 6.45) is 12.8. The van der Waals surface area contributed by atoms with E-state index in [4.69, 9.17) is 4.98 Å². The molecule has 9 heteroatoms. The second kappa shape index (κ2) is 13.5. The number of carboxylic acid groups (broad SMARTS) is 1. The molecule has 0 saturated carbocycles. The third kappa shape index (κ3) is 8.75. The quantitative estimate of drug-likeness (QED) is 0.306. The maximum Gasteiger partial charge on any atom is 0.307 e. The molecule has 1 aromatic carbocycles. The summed E-state index contributed by atoms with van der Waals surface area (Å²) >= 11 is 0. The van der Waals surface area contributed by atoms with Crippen molar-refractivity contribution in [2.45, 2.75) is 79.1 Å². The van der Waals surface area contributed by atoms with Crippen LogP contribution in [-0.4, -0.2) is 84.6 Å². The number of hydrogen-bond donors (Lipinski definition) is 2. The standard InChI is InChI=1S/C33H49N7O2/c1-32(2,3)25-38-17-9-33(10-18-38)8-16-37(26-33)14-5-15-40-19-13-36-30(40)24-39(23-29-34-11-12-35-29)22-28-7-4-6-27(20-28)21-31(41)42/h4,6-7,11-13,19-20H,5,8-10,14-18,21-26H2,1-3H3,(H,34,35)(H,41,42). The second-order valence-electron chi connectivity index (χ2n) is 13.8. The highest BCUT2D eigenvalue weighted by Crippen LogP contribution is 2.40. The number of likely N-dealkylation sites (tertiary alicyclic amines) is 2. The van der Waals surface area contributed by atoms with Crippen LogP contribution in [0.3, 0.4) is 0 Å². The highest BCUT2D eigenvalue weighted by molar-refractivity contribution is 5.70. The first-order valence-corrected chi connectivity index (χ1v) is 15.6. The first-order chi connectivity index (χ1) is 20.1. The van der Waals surface area contributed by atoms with Crippen molar-refractivity contribution in [2.24, 2.45) is 10.8 Å². The monoisotopic (exact) mass is 575 g/mol. The maximum atomic E-state index is 11.2. The number of benzene rings is 1. The smallest absolute Gasteiger partial charge is 0.307 e. The van der Waals surface area contributed by atoms with E-state index in [1.54, 1.807) is 6.20 Å². The Balaban J connectivity index is 1.13. The minimum Gasteiger partial charge on any atom is -0.481 e. The van der Waals surface area contributed by atoms with Crippen molar-refractivity contribution in [1.29, 1.82) is 0 Å². The number of imidazole rings is 2. The Kier molecular flexibility index (Phi) is 9.81. The molecule has 2 aliphatic rings. The van der Waals surface area contributed by atoms with Crippen LogP contribution in [0.4, 0.5) is 0 Å². The van der Waals surface area contributed by atoms with Gasteiger partial charge in [-0.1, -0.05) is 45.0 Å². The molecule has 0 amide bonds. The average molecular weight is 576 g/mol. The van der Waals surface area contributed by atoms with E-state index in [1.165, 1.54) is 52.0 Å². The normalized spacial score (nSPS) is 17.9. The van der Waals surface area contributed by atoms with Gasteiger partial charge in [0, 0.05) is 51.0 Å². The van der Waals surface area contributed by atoms with Crippen LogP contribution in [0.25, 0.3) is 0 Å². The summed E-state index contributed by atoms with van der Waals surface area (Å²) in [6, 6.07) is 7.87. The van der Waals surface area contributed by atoms with E-state index in [0.29, 0.717) is 30.5 Å². The van der Waals surface area contributed by atoms with Crippen LogP contribution in [-0.2, 0) is 37.4 Å². The zero-order chi connectivity index (χ0) is 29.6. The molecule has 0 unspecified atom stereocenters. The van der Waals surface area contributed by atoms with Crippen molar-refractivity contribution in [3.05, 3.63) is 71.8 Å². The van der Waals surface area contributed by atoms with Gasteiger partial charge in [-0.15, -0.1) is 0 Å². The molecule has 2 aromatic heterocycles. The van der Waals surface area contributed by atoms with E-state index in [2.05, 4.69) is 62.3 Å². The van der Waals surface area contributed by atoms with Gasteiger partial charge in [-0.25, -0.2) is 9.97 Å². The summed E-state index contributed by atoms with van der Waals surface area (Å²) in [5.41, 5.74) is 2.81. The van der Waals surface area contributed by atoms with Gasteiger partial charge in [-0.2, -0.15) is 0 Å². The number of aliphatic carboxylic acids is 1. The largest absolute Gasteiger partial charge is 0.481 e. The van der Waals surface area contributed by atoms with E-state index in [-0.39, 0.29) is 6.42 Å². The fraction of sp³-hybridized carbons (Fsp3) is 0.606. The number of nitrogens with zero attached hydrogens (tertiary/aromatic N) is 6. The van der Waals surface area contributed by atoms with Gasteiger partial charge in [0.25, 0.3) is 0 Å². The number of carbonyl (C=O) groups is 1. The average Bonchev–Trinajstić information content (AvgIpc) is 3.68. The van der Waals surface area contributed by atoms with Crippen molar-refractivity contribution in [1.82, 2.24) is 34.2 Å². The SMILES string of the molecule is CC(C)(C)CN1CCC2(CC1)CCN(CCCn1ccnc1CN(Cc1cccc(CC(=O)O)c1)Cc1ncc[nH]1)C2. The maximum absolute atomic E-state index is 11.2. The molecule has 0 bridgehead atoms. The molecule has 2 fully saturated rings. The van der Waals surface area contributed by atoms with E-state index >= 15 is 0 Å². The number of aromatic nitrogens is 4. The lowest BCUT2D eigenvalue weighted by atomic mass is 9.77. The molecule has 0 aliphatic carbocycles. The van der Waals surface area contributed by atoms with Gasteiger partial charge in [-0.3, -0.25) is 9.69 Å². The minimum atomic E-state index is -0.813. The van der Waals surface area contributed by atoms with Crippen LogP contribution in [0.1, 0.15) is 69.2 Å². The third-order valence-corrected chi connectivity index (χ3v) is 8.85. The third-order valence-electron chi connectivity index (χ3n) is 8.85. The molecule has 2 N–H and O–H groups in total. The number of aromatic amines is 1. The van der Waals surface area contributed by atoms with Gasteiger partial charge in [-0.05, 0) is 73.8 Å². The Hall–Kier alpha value is -3.01. The summed E-state index contributed by atoms with van der Waals surface area (Å²) < 4.78 is 2.30. The summed E-state index contributed by atoms with van der Waals surface area (Å²) in [6.45, 7) is 17.4. The Bertz CT molecular complexity index is 1270. The van der Waals surface area contributed by atoms with Crippen LogP contribution in [0.2, 0.25) is 0 Å². The fourth-order valence-electron chi connectivity index (χ4n) is 6.88. The zero-order valence-electron chi connectivity index (χ0n) is 25.8. The second-order valence-corrected chi connectivity index (χ2v) is 13.8. The number of rotatable bonds is 13. The number of piperidine rings is 1. The predicted octanol–water partition coefficient (Wildman–Crippen LogP) is 4.66. The molecule has 0 radical (unpaired) electrons. The van der Waals surface area contributed by atoms with Crippen LogP contribution in [0.15, 0.2) is 49.1 Å². The van der Waals surface area contributed by atoms with Gasteiger partial charge in [0.05, 0.1) is 19.5 Å². The van der Waals surface area contributed by atoms with Crippen LogP contribution in [0.5, 0.6) is 0 Å². The summed E-state index contributed by atoms with van der Waals surface area (Å²) in [5, 5.41) is 9.22. The zero-order valence-corrected chi connectivity index (χ0v) is 25.8. The first-order valence-electron chi connectivity index (χ1n) is 15.6. The molecule has 5 rings (SSSR count). The molecule has 0 atom stereocenters. The lowest BCUT2D eigenvalue weighted by Gasteiger charge is -2.41. The molecule has 228 valence electrons. The molecule has 9 nitrogen and oxygen atoms in total. The topological polar surface area (TPSA) is 93.5 Å². The summed E-state index contributed by atoms with van der Waals surface area (Å²) in [4.78, 5) is 31.3. The Morgan fingerprint density at radius 2 is 1.76 bits per heavy atom. The van der Waals surface area contributed by atoms with E-state index < -0.39 is 5.97 Å². The van der Waals surface area contributed by atoms with Crippen molar-refractivity contribution in [3.63, 3.8) is 0 Å². The van der Waals surface area contributed by atoms with Gasteiger partial charge < -0.3 is 24.5 Å². The van der Waals surface area contributed by atoms with Crippen molar-refractivity contribution < 1.29 is 9.90 Å². The Morgan fingerprint density at radius 3 is 2.48 bits per heavy atom. The van der Waals surface area contributed by atoms with Gasteiger partial charge in [0.15, 0.2) is 0 Å². The van der Waals surface area contributed by atoms with Crippen molar-refractivity contribution >= 4 is 5.97 Å². The molecule has 42 heavy (non-hydrogen) atoms. The number of aryl methyl sites for hydroxylation is 1. The predicted molar refractivity (Wildman–Crippen MR) is 165 cm³/mol. The first kappa shape index (κ1) is 30.4. The molecular formula is C33H49N7O2. The lowest BCUT2D eigenvalue weighted by Crippen LogP contribution is -2.44. The van der Waals surface area contributed by atoms with Crippen LogP contribution < -0.4 is 0 Å². The van der Waals surface area contributed by atoms with E-state index in [1.807, 2.05) is 30.6 Å². The number of H-pyrrole nitrogens is 1. The number of carboxylic acids is 1. The fourth-order valence-corrected chi connectivity index (χ4v) is 6.88. The minimum absolute atomic E-state index is 0.0320. The molecule has 2 saturated heterocycles. The van der Waals surface area contributed by atoms with Gasteiger partial charge in [0.2, 0.25) is 0 Å². The molecule has 3 aromatic rings. The van der Waals surface area contributed by atoms with Crippen molar-refractivity contribution in [2.75, 3.05) is 39.3 Å². The highest BCUT2D eigenvalue weighted by atomic mass is 16.4. The summed E-state index contributed by atoms with van der Waals surface area (Å²) in [5.74, 6) is 1.14. The molecule has 2 aliphatic heterocycles. The van der Waals surface area contributed by atoms with E-state index in [0.717, 1.165) is 42.3 Å². The highest BCUT2D eigenvalue weighted by Gasteiger charge is 2.40. The molecule has 1 spiro atoms. The summed E-state index contributed by atoms with van der Waals surface area (Å²) in [7, 11) is 0. The van der Waals surface area contributed by atoms with Gasteiger partial charge in [0.1, 0.15) is 11.6 Å². The number of nitrogens with one attached hydrogen (secondary N) is 1. The lowest BCUT2D eigenvalue weighted by molar-refractivity contribution is -0.136. The molecular weight excluding hydrogens is 526 g/mol. The van der Waals surface area contributed by atoms with Gasteiger partial charge >= 0.3 is 5.97 Å². The Morgan fingerprint density at radius 1 is 1.00 bits per heavy atom. The number of hydrogen-bond acceptors (Lipinski definition) is 6.